The van der Waals surface area contributed by atoms with Gasteiger partial charge in [-0.3, -0.25) is 0 Å². The van der Waals surface area contributed by atoms with Gasteiger partial charge in [0.05, 0.1) is 0 Å². The first kappa shape index (κ1) is 14.7. The molecule has 0 aliphatic carbocycles. The molecule has 0 aliphatic rings. The van der Waals surface area contributed by atoms with Gasteiger partial charge in [-0.1, -0.05) is 46.3 Å². The molecule has 0 heterocycles. The predicted octanol–water partition coefficient (Wildman–Crippen LogP) is 5.85. The summed E-state index contributed by atoms with van der Waals surface area (Å²) in [7, 11) is 0. The molecule has 0 radical (unpaired) electrons. The van der Waals surface area contributed by atoms with Crippen molar-refractivity contribution in [1.82, 2.24) is 0 Å². The Morgan fingerprint density at radius 1 is 0.773 bits per heavy atom. The van der Waals surface area contributed by atoms with Crippen molar-refractivity contribution < 1.29 is 4.74 Å². The first-order chi connectivity index (χ1) is 10.8. The monoisotopic (exact) mass is 353 g/mol. The van der Waals surface area contributed by atoms with Crippen molar-refractivity contribution >= 4 is 21.6 Å². The number of benzene rings is 3. The third-order valence-electron chi connectivity index (χ3n) is 3.22. The summed E-state index contributed by atoms with van der Waals surface area (Å²) >= 11 is 3.44. The number of hydrogen-bond acceptors (Lipinski definition) is 2. The van der Waals surface area contributed by atoms with E-state index in [0.29, 0.717) is 0 Å². The van der Waals surface area contributed by atoms with Crippen molar-refractivity contribution in [3.63, 3.8) is 0 Å². The minimum Gasteiger partial charge on any atom is -0.457 e. The van der Waals surface area contributed by atoms with Gasteiger partial charge in [0.15, 0.2) is 0 Å². The summed E-state index contributed by atoms with van der Waals surface area (Å²) in [6.07, 6.45) is 0. The second-order valence-corrected chi connectivity index (χ2v) is 5.84. The Hall–Kier alpha value is -2.26. The number of halogens is 1. The molecule has 0 aliphatic heterocycles. The third kappa shape index (κ3) is 4.12. The Balaban J connectivity index is 1.65. The van der Waals surface area contributed by atoms with Gasteiger partial charge in [-0.15, -0.1) is 0 Å². The molecule has 3 aromatic rings. The highest BCUT2D eigenvalue weighted by molar-refractivity contribution is 9.10. The summed E-state index contributed by atoms with van der Waals surface area (Å²) < 4.78 is 6.93. The van der Waals surface area contributed by atoms with E-state index in [4.69, 9.17) is 4.74 Å². The Morgan fingerprint density at radius 3 is 2.27 bits per heavy atom. The number of nitrogens with one attached hydrogen (secondary N) is 1. The van der Waals surface area contributed by atoms with E-state index in [-0.39, 0.29) is 0 Å². The van der Waals surface area contributed by atoms with E-state index in [1.165, 1.54) is 5.56 Å². The van der Waals surface area contributed by atoms with Gasteiger partial charge in [0.25, 0.3) is 0 Å². The maximum atomic E-state index is 5.85. The van der Waals surface area contributed by atoms with Crippen LogP contribution in [0.5, 0.6) is 11.5 Å². The molecule has 0 aromatic heterocycles. The van der Waals surface area contributed by atoms with Gasteiger partial charge in [-0.2, -0.15) is 0 Å². The Bertz CT molecular complexity index is 726. The lowest BCUT2D eigenvalue weighted by Gasteiger charge is -2.09. The third-order valence-corrected chi connectivity index (χ3v) is 3.75. The van der Waals surface area contributed by atoms with Gasteiger partial charge < -0.3 is 10.1 Å². The first-order valence-electron chi connectivity index (χ1n) is 7.11. The average Bonchev–Trinajstić information content (AvgIpc) is 2.56. The van der Waals surface area contributed by atoms with Crippen LogP contribution < -0.4 is 10.1 Å². The zero-order valence-electron chi connectivity index (χ0n) is 12.0. The number of para-hydroxylation sites is 1. The molecule has 0 bridgehead atoms. The zero-order valence-corrected chi connectivity index (χ0v) is 13.6. The molecule has 3 heteroatoms. The molecule has 0 saturated carbocycles. The lowest BCUT2D eigenvalue weighted by atomic mass is 10.2. The van der Waals surface area contributed by atoms with Crippen LogP contribution in [0.15, 0.2) is 83.3 Å². The standard InChI is InChI=1S/C19H16BrNO/c20-16-9-11-17(12-10-16)21-14-15-5-4-8-19(13-15)22-18-6-2-1-3-7-18/h1-13,21H,14H2. The molecular formula is C19H16BrNO. The Morgan fingerprint density at radius 2 is 1.50 bits per heavy atom. The molecule has 0 amide bonds. The van der Waals surface area contributed by atoms with Gasteiger partial charge in [0.2, 0.25) is 0 Å². The molecule has 3 aromatic carbocycles. The molecule has 0 unspecified atom stereocenters. The fraction of sp³-hybridized carbons (Fsp3) is 0.0526. The van der Waals surface area contributed by atoms with Crippen molar-refractivity contribution in [3.05, 3.63) is 88.9 Å². The highest BCUT2D eigenvalue weighted by Crippen LogP contribution is 2.22. The smallest absolute Gasteiger partial charge is 0.127 e. The molecule has 0 spiro atoms. The zero-order chi connectivity index (χ0) is 15.2. The summed E-state index contributed by atoms with van der Waals surface area (Å²) in [5.74, 6) is 1.70. The molecular weight excluding hydrogens is 338 g/mol. The normalized spacial score (nSPS) is 10.2. The van der Waals surface area contributed by atoms with Crippen LogP contribution in [-0.2, 0) is 6.54 Å². The number of anilines is 1. The van der Waals surface area contributed by atoms with Gasteiger partial charge in [0, 0.05) is 16.7 Å². The molecule has 110 valence electrons. The Labute approximate surface area is 138 Å². The maximum absolute atomic E-state index is 5.85. The van der Waals surface area contributed by atoms with Crippen LogP contribution in [0, 0.1) is 0 Å². The summed E-state index contributed by atoms with van der Waals surface area (Å²) in [6, 6.07) is 26.1. The number of ether oxygens (including phenoxy) is 1. The molecule has 2 nitrogen and oxygen atoms in total. The number of hydrogen-bond donors (Lipinski definition) is 1. The molecule has 0 saturated heterocycles. The summed E-state index contributed by atoms with van der Waals surface area (Å²) in [5.41, 5.74) is 2.27. The van der Waals surface area contributed by atoms with Gasteiger partial charge in [-0.05, 0) is 54.1 Å². The van der Waals surface area contributed by atoms with E-state index in [1.54, 1.807) is 0 Å². The van der Waals surface area contributed by atoms with E-state index in [9.17, 15) is 0 Å². The van der Waals surface area contributed by atoms with Crippen LogP contribution in [-0.4, -0.2) is 0 Å². The SMILES string of the molecule is Brc1ccc(NCc2cccc(Oc3ccccc3)c2)cc1. The van der Waals surface area contributed by atoms with E-state index < -0.39 is 0 Å². The number of rotatable bonds is 5. The van der Waals surface area contributed by atoms with E-state index in [2.05, 4.69) is 45.5 Å². The highest BCUT2D eigenvalue weighted by Gasteiger charge is 1.99. The average molecular weight is 354 g/mol. The highest BCUT2D eigenvalue weighted by atomic mass is 79.9. The topological polar surface area (TPSA) is 21.3 Å². The van der Waals surface area contributed by atoms with Crippen LogP contribution in [0.2, 0.25) is 0 Å². The van der Waals surface area contributed by atoms with E-state index >= 15 is 0 Å². The molecule has 1 N–H and O–H groups in total. The van der Waals surface area contributed by atoms with Gasteiger partial charge in [0.1, 0.15) is 11.5 Å². The minimum atomic E-state index is 0.758. The first-order valence-corrected chi connectivity index (χ1v) is 7.90. The summed E-state index contributed by atoms with van der Waals surface area (Å²) in [4.78, 5) is 0. The van der Waals surface area contributed by atoms with Crippen LogP contribution in [0.3, 0.4) is 0 Å². The van der Waals surface area contributed by atoms with Crippen LogP contribution in [0.1, 0.15) is 5.56 Å². The van der Waals surface area contributed by atoms with E-state index in [0.717, 1.165) is 28.2 Å². The molecule has 0 fully saturated rings. The second-order valence-electron chi connectivity index (χ2n) is 4.92. The largest absolute Gasteiger partial charge is 0.457 e. The maximum Gasteiger partial charge on any atom is 0.127 e. The molecule has 3 rings (SSSR count). The fourth-order valence-electron chi connectivity index (χ4n) is 2.12. The molecule has 0 atom stereocenters. The second kappa shape index (κ2) is 7.14. The predicted molar refractivity (Wildman–Crippen MR) is 94.4 cm³/mol. The van der Waals surface area contributed by atoms with Crippen molar-refractivity contribution in [2.75, 3.05) is 5.32 Å². The van der Waals surface area contributed by atoms with Crippen molar-refractivity contribution in [2.45, 2.75) is 6.54 Å². The van der Waals surface area contributed by atoms with Crippen LogP contribution >= 0.6 is 15.9 Å². The summed E-state index contributed by atoms with van der Waals surface area (Å²) in [6.45, 7) is 0.758. The van der Waals surface area contributed by atoms with Crippen molar-refractivity contribution in [3.8, 4) is 11.5 Å². The van der Waals surface area contributed by atoms with Gasteiger partial charge in [-0.25, -0.2) is 0 Å². The minimum absolute atomic E-state index is 0.758. The van der Waals surface area contributed by atoms with Crippen LogP contribution in [0.25, 0.3) is 0 Å². The summed E-state index contributed by atoms with van der Waals surface area (Å²) in [5, 5.41) is 3.40. The molecule has 22 heavy (non-hydrogen) atoms. The van der Waals surface area contributed by atoms with Crippen LogP contribution in [0.4, 0.5) is 5.69 Å². The fourth-order valence-corrected chi connectivity index (χ4v) is 2.38. The van der Waals surface area contributed by atoms with Gasteiger partial charge >= 0.3 is 0 Å². The van der Waals surface area contributed by atoms with E-state index in [1.807, 2.05) is 54.6 Å². The lowest BCUT2D eigenvalue weighted by molar-refractivity contribution is 0.482. The Kier molecular flexibility index (Phi) is 4.76. The van der Waals surface area contributed by atoms with Crippen molar-refractivity contribution in [1.29, 1.82) is 0 Å². The lowest BCUT2D eigenvalue weighted by Crippen LogP contribution is -1.99. The quantitative estimate of drug-likeness (QED) is 0.620. The van der Waals surface area contributed by atoms with Crippen molar-refractivity contribution in [2.24, 2.45) is 0 Å².